The van der Waals surface area contributed by atoms with Gasteiger partial charge in [0.15, 0.2) is 0 Å². The molecule has 0 fully saturated rings. The van der Waals surface area contributed by atoms with Crippen LogP contribution in [-0.4, -0.2) is 0 Å². The van der Waals surface area contributed by atoms with Crippen molar-refractivity contribution in [3.05, 3.63) is 64.9 Å². The summed E-state index contributed by atoms with van der Waals surface area (Å²) >= 11 is 5.89. The number of ether oxygens (including phenoxy) is 1. The fourth-order valence-corrected chi connectivity index (χ4v) is 1.62. The lowest BCUT2D eigenvalue weighted by Crippen LogP contribution is -1.91. The second-order valence-corrected chi connectivity index (χ2v) is 4.18. The van der Waals surface area contributed by atoms with Crippen LogP contribution in [0.2, 0.25) is 5.02 Å². The molecule has 1 aromatic carbocycles. The fraction of sp³-hybridized carbons (Fsp3) is 0.143. The molecule has 1 nitrogen and oxygen atoms in total. The molecule has 0 saturated carbocycles. The first-order chi connectivity index (χ1) is 7.74. The molecule has 1 aliphatic carbocycles. The zero-order valence-electron chi connectivity index (χ0n) is 9.11. The highest BCUT2D eigenvalue weighted by atomic mass is 35.5. The predicted molar refractivity (Wildman–Crippen MR) is 67.7 cm³/mol. The number of allylic oxidation sites excluding steroid dienone is 5. The van der Waals surface area contributed by atoms with Crippen molar-refractivity contribution in [1.82, 2.24) is 0 Å². The highest BCUT2D eigenvalue weighted by molar-refractivity contribution is 6.30. The molecule has 16 heavy (non-hydrogen) atoms. The number of hydrogen-bond donors (Lipinski definition) is 0. The van der Waals surface area contributed by atoms with E-state index in [1.807, 2.05) is 30.4 Å². The third kappa shape index (κ3) is 3.01. The first-order valence-corrected chi connectivity index (χ1v) is 5.59. The first-order valence-electron chi connectivity index (χ1n) is 5.21. The van der Waals surface area contributed by atoms with Crippen LogP contribution in [0, 0.1) is 0 Å². The fourth-order valence-electron chi connectivity index (χ4n) is 1.44. The van der Waals surface area contributed by atoms with E-state index in [2.05, 4.69) is 19.1 Å². The second kappa shape index (κ2) is 5.04. The van der Waals surface area contributed by atoms with Crippen LogP contribution in [0.4, 0.5) is 0 Å². The van der Waals surface area contributed by atoms with Crippen LogP contribution < -0.4 is 4.74 Å². The summed E-state index contributed by atoms with van der Waals surface area (Å²) in [5.41, 5.74) is 1.32. The maximum Gasteiger partial charge on any atom is 0.128 e. The minimum atomic E-state index is 0.683. The Labute approximate surface area is 101 Å². The van der Waals surface area contributed by atoms with Gasteiger partial charge in [0.05, 0.1) is 0 Å². The minimum absolute atomic E-state index is 0.683. The summed E-state index contributed by atoms with van der Waals surface area (Å²) in [5.74, 6) is 1.59. The Morgan fingerprint density at radius 1 is 1.25 bits per heavy atom. The highest BCUT2D eigenvalue weighted by Crippen LogP contribution is 2.21. The van der Waals surface area contributed by atoms with E-state index in [1.54, 1.807) is 6.07 Å². The molecule has 0 amide bonds. The van der Waals surface area contributed by atoms with Gasteiger partial charge in [-0.05, 0) is 43.7 Å². The monoisotopic (exact) mass is 232 g/mol. The van der Waals surface area contributed by atoms with Gasteiger partial charge in [-0.3, -0.25) is 0 Å². The van der Waals surface area contributed by atoms with Gasteiger partial charge in [0.25, 0.3) is 0 Å². The summed E-state index contributed by atoms with van der Waals surface area (Å²) in [6.45, 7) is 2.10. The van der Waals surface area contributed by atoms with Gasteiger partial charge < -0.3 is 4.74 Å². The van der Waals surface area contributed by atoms with Crippen molar-refractivity contribution in [2.75, 3.05) is 0 Å². The molecular formula is C14H13ClO. The average molecular weight is 233 g/mol. The zero-order chi connectivity index (χ0) is 11.4. The maximum absolute atomic E-state index is 5.89. The third-order valence-electron chi connectivity index (χ3n) is 2.29. The van der Waals surface area contributed by atoms with E-state index in [0.29, 0.717) is 5.02 Å². The van der Waals surface area contributed by atoms with Crippen molar-refractivity contribution in [3.63, 3.8) is 0 Å². The van der Waals surface area contributed by atoms with Crippen LogP contribution in [0.15, 0.2) is 59.9 Å². The van der Waals surface area contributed by atoms with Crippen molar-refractivity contribution in [2.45, 2.75) is 13.3 Å². The third-order valence-corrected chi connectivity index (χ3v) is 2.52. The molecule has 2 rings (SSSR count). The molecule has 0 atom stereocenters. The van der Waals surface area contributed by atoms with Crippen molar-refractivity contribution in [2.24, 2.45) is 0 Å². The van der Waals surface area contributed by atoms with E-state index in [9.17, 15) is 0 Å². The summed E-state index contributed by atoms with van der Waals surface area (Å²) in [6, 6.07) is 7.40. The van der Waals surface area contributed by atoms with Gasteiger partial charge in [-0.15, -0.1) is 0 Å². The molecule has 1 aromatic rings. The van der Waals surface area contributed by atoms with Crippen molar-refractivity contribution in [3.8, 4) is 5.75 Å². The molecule has 0 saturated heterocycles. The molecule has 0 aliphatic heterocycles. The zero-order valence-corrected chi connectivity index (χ0v) is 9.87. The van der Waals surface area contributed by atoms with E-state index in [1.165, 1.54) is 5.57 Å². The summed E-state index contributed by atoms with van der Waals surface area (Å²) in [7, 11) is 0. The highest BCUT2D eigenvalue weighted by Gasteiger charge is 2.00. The van der Waals surface area contributed by atoms with Gasteiger partial charge in [-0.1, -0.05) is 35.4 Å². The quantitative estimate of drug-likeness (QED) is 0.729. The molecule has 2 heteroatoms. The Morgan fingerprint density at radius 2 is 2.12 bits per heavy atom. The van der Waals surface area contributed by atoms with E-state index in [-0.39, 0.29) is 0 Å². The lowest BCUT2D eigenvalue weighted by molar-refractivity contribution is 0.444. The average Bonchev–Trinajstić information content (AvgIpc) is 2.44. The number of halogens is 1. The van der Waals surface area contributed by atoms with Crippen LogP contribution in [0.25, 0.3) is 0 Å². The molecule has 82 valence electrons. The summed E-state index contributed by atoms with van der Waals surface area (Å²) in [4.78, 5) is 0. The van der Waals surface area contributed by atoms with Gasteiger partial charge in [-0.25, -0.2) is 0 Å². The standard InChI is InChI=1S/C14H13ClO/c1-11-4-2-6-13(9-8-11)16-14-7-3-5-12(15)10-14/h2-3,5-10H,4H2,1H3. The van der Waals surface area contributed by atoms with Gasteiger partial charge in [0.2, 0.25) is 0 Å². The van der Waals surface area contributed by atoms with Crippen molar-refractivity contribution >= 4 is 11.6 Å². The largest absolute Gasteiger partial charge is 0.457 e. The Bertz CT molecular complexity index is 469. The smallest absolute Gasteiger partial charge is 0.128 e. The van der Waals surface area contributed by atoms with Crippen LogP contribution in [0.1, 0.15) is 13.3 Å². The lowest BCUT2D eigenvalue weighted by atomic mass is 10.2. The van der Waals surface area contributed by atoms with Crippen LogP contribution in [0.5, 0.6) is 5.75 Å². The Kier molecular flexibility index (Phi) is 3.47. The molecule has 1 aliphatic rings. The van der Waals surface area contributed by atoms with Gasteiger partial charge >= 0.3 is 0 Å². The van der Waals surface area contributed by atoms with Crippen LogP contribution >= 0.6 is 11.6 Å². The van der Waals surface area contributed by atoms with Crippen LogP contribution in [0.3, 0.4) is 0 Å². The van der Waals surface area contributed by atoms with E-state index in [0.717, 1.165) is 17.9 Å². The van der Waals surface area contributed by atoms with E-state index < -0.39 is 0 Å². The summed E-state index contributed by atoms with van der Waals surface area (Å²) in [6.07, 6.45) is 9.08. The van der Waals surface area contributed by atoms with E-state index in [4.69, 9.17) is 16.3 Å². The van der Waals surface area contributed by atoms with Gasteiger partial charge in [0, 0.05) is 5.02 Å². The second-order valence-electron chi connectivity index (χ2n) is 3.75. The molecule has 0 radical (unpaired) electrons. The molecule has 0 heterocycles. The van der Waals surface area contributed by atoms with Crippen molar-refractivity contribution in [1.29, 1.82) is 0 Å². The Balaban J connectivity index is 2.16. The van der Waals surface area contributed by atoms with Crippen LogP contribution in [-0.2, 0) is 0 Å². The Morgan fingerprint density at radius 3 is 2.94 bits per heavy atom. The maximum atomic E-state index is 5.89. The molecule has 0 N–H and O–H groups in total. The van der Waals surface area contributed by atoms with Gasteiger partial charge in [0.1, 0.15) is 11.5 Å². The normalized spacial score (nSPS) is 15.1. The number of benzene rings is 1. The van der Waals surface area contributed by atoms with Crippen molar-refractivity contribution < 1.29 is 4.74 Å². The lowest BCUT2D eigenvalue weighted by Gasteiger charge is -2.05. The molecule has 0 bridgehead atoms. The number of rotatable bonds is 2. The molecular weight excluding hydrogens is 220 g/mol. The molecule has 0 aromatic heterocycles. The first kappa shape index (κ1) is 11.0. The summed E-state index contributed by atoms with van der Waals surface area (Å²) in [5, 5.41) is 0.683. The van der Waals surface area contributed by atoms with Gasteiger partial charge in [-0.2, -0.15) is 0 Å². The topological polar surface area (TPSA) is 9.23 Å². The Hall–Kier alpha value is -1.47. The molecule has 0 unspecified atom stereocenters. The predicted octanol–water partition coefficient (Wildman–Crippen LogP) is 4.51. The van der Waals surface area contributed by atoms with E-state index >= 15 is 0 Å². The summed E-state index contributed by atoms with van der Waals surface area (Å²) < 4.78 is 5.71. The minimum Gasteiger partial charge on any atom is -0.457 e. The number of hydrogen-bond acceptors (Lipinski definition) is 1. The molecule has 0 spiro atoms. The SMILES string of the molecule is CC1=CC=C(Oc2cccc(Cl)c2)C=CC1.